The number of hydrogen-bond acceptors (Lipinski definition) is 5. The lowest BCUT2D eigenvalue weighted by Crippen LogP contribution is -2.49. The van der Waals surface area contributed by atoms with E-state index in [4.69, 9.17) is 5.11 Å². The van der Waals surface area contributed by atoms with Crippen molar-refractivity contribution in [2.24, 2.45) is 5.92 Å². The lowest BCUT2D eigenvalue weighted by Gasteiger charge is -2.28. The SMILES string of the molecule is COC(=O)N[C@H](CN1CC(=O)CC1C(=O)O)C(C)C. The zero-order valence-electron chi connectivity index (χ0n) is 11.4. The molecule has 0 bridgehead atoms. The summed E-state index contributed by atoms with van der Waals surface area (Å²) in [5, 5.41) is 11.7. The molecule has 0 radical (unpaired) electrons. The molecule has 0 aliphatic carbocycles. The summed E-state index contributed by atoms with van der Waals surface area (Å²) in [4.78, 5) is 35.3. The summed E-state index contributed by atoms with van der Waals surface area (Å²) in [6, 6.07) is -1.06. The summed E-state index contributed by atoms with van der Waals surface area (Å²) in [5.74, 6) is -0.997. The molecule has 7 heteroatoms. The number of nitrogens with one attached hydrogen (secondary N) is 1. The minimum absolute atomic E-state index is 0.0262. The van der Waals surface area contributed by atoms with Gasteiger partial charge in [-0.3, -0.25) is 14.5 Å². The molecule has 0 spiro atoms. The predicted octanol–water partition coefficient (Wildman–Crippen LogP) is 0.0950. The molecule has 0 aromatic carbocycles. The topological polar surface area (TPSA) is 95.9 Å². The summed E-state index contributed by atoms with van der Waals surface area (Å²) in [5.41, 5.74) is 0. The molecular weight excluding hydrogens is 252 g/mol. The van der Waals surface area contributed by atoms with Crippen molar-refractivity contribution in [1.29, 1.82) is 0 Å². The molecule has 19 heavy (non-hydrogen) atoms. The lowest BCUT2D eigenvalue weighted by molar-refractivity contribution is -0.142. The van der Waals surface area contributed by atoms with Gasteiger partial charge in [-0.15, -0.1) is 0 Å². The van der Waals surface area contributed by atoms with E-state index in [9.17, 15) is 14.4 Å². The van der Waals surface area contributed by atoms with Gasteiger partial charge >= 0.3 is 12.1 Å². The fourth-order valence-electron chi connectivity index (χ4n) is 2.07. The van der Waals surface area contributed by atoms with Crippen molar-refractivity contribution < 1.29 is 24.2 Å². The van der Waals surface area contributed by atoms with Gasteiger partial charge in [-0.05, 0) is 5.92 Å². The molecule has 1 heterocycles. The van der Waals surface area contributed by atoms with Crippen molar-refractivity contribution in [2.45, 2.75) is 32.4 Å². The number of carbonyl (C=O) groups is 3. The fourth-order valence-corrected chi connectivity index (χ4v) is 2.07. The molecule has 0 aromatic rings. The number of likely N-dealkylation sites (tertiary alicyclic amines) is 1. The van der Waals surface area contributed by atoms with Gasteiger partial charge in [-0.25, -0.2) is 4.79 Å². The number of ether oxygens (including phenoxy) is 1. The molecule has 1 amide bonds. The minimum atomic E-state index is -1.01. The average Bonchev–Trinajstić information content (AvgIpc) is 2.69. The first kappa shape index (κ1) is 15.4. The van der Waals surface area contributed by atoms with Gasteiger partial charge in [-0.1, -0.05) is 13.8 Å². The standard InChI is InChI=1S/C12H20N2O5/c1-7(2)9(13-12(18)19-3)6-14-5-8(15)4-10(14)11(16)17/h7,9-10H,4-6H2,1-3H3,(H,13,18)(H,16,17)/t9-,10?/m1/s1. The number of carbonyl (C=O) groups excluding carboxylic acids is 2. The highest BCUT2D eigenvalue weighted by molar-refractivity contribution is 5.90. The molecule has 1 rings (SSSR count). The summed E-state index contributed by atoms with van der Waals surface area (Å²) in [6.45, 7) is 4.25. The highest BCUT2D eigenvalue weighted by Crippen LogP contribution is 2.17. The maximum atomic E-state index is 11.4. The normalized spacial score (nSPS) is 21.5. The first-order valence-corrected chi connectivity index (χ1v) is 6.18. The van der Waals surface area contributed by atoms with Crippen LogP contribution in [-0.4, -0.2) is 60.1 Å². The van der Waals surface area contributed by atoms with Crippen LogP contribution in [0.5, 0.6) is 0 Å². The number of carboxylic acids is 1. The monoisotopic (exact) mass is 272 g/mol. The Hall–Kier alpha value is -1.63. The van der Waals surface area contributed by atoms with Crippen LogP contribution in [0.1, 0.15) is 20.3 Å². The van der Waals surface area contributed by atoms with Gasteiger partial charge in [0.15, 0.2) is 0 Å². The number of nitrogens with zero attached hydrogens (tertiary/aromatic N) is 1. The molecule has 7 nitrogen and oxygen atoms in total. The van der Waals surface area contributed by atoms with E-state index < -0.39 is 18.1 Å². The Labute approximate surface area is 111 Å². The van der Waals surface area contributed by atoms with Crippen molar-refractivity contribution >= 4 is 17.8 Å². The maximum absolute atomic E-state index is 11.4. The zero-order chi connectivity index (χ0) is 14.6. The van der Waals surface area contributed by atoms with Gasteiger partial charge in [0.2, 0.25) is 0 Å². The molecule has 0 aromatic heterocycles. The Morgan fingerprint density at radius 2 is 2.16 bits per heavy atom. The maximum Gasteiger partial charge on any atom is 0.407 e. The molecule has 108 valence electrons. The third-order valence-electron chi connectivity index (χ3n) is 3.25. The van der Waals surface area contributed by atoms with Crippen LogP contribution < -0.4 is 5.32 Å². The summed E-state index contributed by atoms with van der Waals surface area (Å²) in [7, 11) is 1.27. The second kappa shape index (κ2) is 6.51. The third-order valence-corrected chi connectivity index (χ3v) is 3.25. The number of alkyl carbamates (subject to hydrolysis) is 1. The van der Waals surface area contributed by atoms with Gasteiger partial charge in [0, 0.05) is 19.0 Å². The van der Waals surface area contributed by atoms with E-state index in [-0.39, 0.29) is 30.7 Å². The van der Waals surface area contributed by atoms with E-state index in [2.05, 4.69) is 10.1 Å². The molecular formula is C12H20N2O5. The van der Waals surface area contributed by atoms with E-state index in [1.165, 1.54) is 7.11 Å². The fraction of sp³-hybridized carbons (Fsp3) is 0.750. The van der Waals surface area contributed by atoms with Crippen LogP contribution in [0.3, 0.4) is 0 Å². The minimum Gasteiger partial charge on any atom is -0.480 e. The van der Waals surface area contributed by atoms with Crippen molar-refractivity contribution in [2.75, 3.05) is 20.2 Å². The Kier molecular flexibility index (Phi) is 5.29. The first-order chi connectivity index (χ1) is 8.85. The van der Waals surface area contributed by atoms with Crippen molar-refractivity contribution in [1.82, 2.24) is 10.2 Å². The first-order valence-electron chi connectivity index (χ1n) is 6.18. The quantitative estimate of drug-likeness (QED) is 0.736. The Morgan fingerprint density at radius 1 is 1.53 bits per heavy atom. The Bertz CT molecular complexity index is 369. The average molecular weight is 272 g/mol. The van der Waals surface area contributed by atoms with Gasteiger partial charge < -0.3 is 15.2 Å². The van der Waals surface area contributed by atoms with E-state index in [1.54, 1.807) is 4.90 Å². The van der Waals surface area contributed by atoms with Crippen LogP contribution in [0.4, 0.5) is 4.79 Å². The Morgan fingerprint density at radius 3 is 2.63 bits per heavy atom. The lowest BCUT2D eigenvalue weighted by atomic mass is 10.0. The number of carboxylic acid groups (broad SMARTS) is 1. The van der Waals surface area contributed by atoms with Crippen LogP contribution in [0, 0.1) is 5.92 Å². The number of rotatable bonds is 5. The number of amides is 1. The van der Waals surface area contributed by atoms with Gasteiger partial charge in [0.25, 0.3) is 0 Å². The van der Waals surface area contributed by atoms with Crippen LogP contribution in [0.15, 0.2) is 0 Å². The molecule has 1 unspecified atom stereocenters. The largest absolute Gasteiger partial charge is 0.480 e. The van der Waals surface area contributed by atoms with E-state index >= 15 is 0 Å². The molecule has 2 N–H and O–H groups in total. The van der Waals surface area contributed by atoms with Crippen LogP contribution >= 0.6 is 0 Å². The van der Waals surface area contributed by atoms with E-state index in [0.717, 1.165) is 0 Å². The summed E-state index contributed by atoms with van der Waals surface area (Å²) < 4.78 is 4.54. The summed E-state index contributed by atoms with van der Waals surface area (Å²) in [6.07, 6.45) is -0.533. The molecule has 0 saturated carbocycles. The highest BCUT2D eigenvalue weighted by Gasteiger charge is 2.37. The van der Waals surface area contributed by atoms with Crippen molar-refractivity contribution in [3.05, 3.63) is 0 Å². The van der Waals surface area contributed by atoms with Crippen molar-refractivity contribution in [3.8, 4) is 0 Å². The molecule has 1 fully saturated rings. The van der Waals surface area contributed by atoms with Crippen LogP contribution in [0.25, 0.3) is 0 Å². The zero-order valence-corrected chi connectivity index (χ0v) is 11.4. The smallest absolute Gasteiger partial charge is 0.407 e. The van der Waals surface area contributed by atoms with Crippen LogP contribution in [-0.2, 0) is 14.3 Å². The predicted molar refractivity (Wildman–Crippen MR) is 66.8 cm³/mol. The molecule has 2 atom stereocenters. The molecule has 1 aliphatic heterocycles. The van der Waals surface area contributed by atoms with Crippen molar-refractivity contribution in [3.63, 3.8) is 0 Å². The van der Waals surface area contributed by atoms with Gasteiger partial charge in [0.05, 0.1) is 13.7 Å². The number of hydrogen-bond donors (Lipinski definition) is 2. The Balaban J connectivity index is 2.69. The van der Waals surface area contributed by atoms with Crippen LogP contribution in [0.2, 0.25) is 0 Å². The number of Topliss-reactive ketones (excluding diaryl/α,β-unsaturated/α-hetero) is 1. The molecule has 1 aliphatic rings. The number of ketones is 1. The number of aliphatic carboxylic acids is 1. The molecule has 1 saturated heterocycles. The van der Waals surface area contributed by atoms with E-state index in [1.807, 2.05) is 13.8 Å². The third kappa shape index (κ3) is 4.20. The van der Waals surface area contributed by atoms with E-state index in [0.29, 0.717) is 6.54 Å². The number of methoxy groups -OCH3 is 1. The second-order valence-corrected chi connectivity index (χ2v) is 5.01. The van der Waals surface area contributed by atoms with Gasteiger partial charge in [0.1, 0.15) is 11.8 Å². The summed E-state index contributed by atoms with van der Waals surface area (Å²) >= 11 is 0. The highest BCUT2D eigenvalue weighted by atomic mass is 16.5. The second-order valence-electron chi connectivity index (χ2n) is 5.01. The van der Waals surface area contributed by atoms with Gasteiger partial charge in [-0.2, -0.15) is 0 Å².